The van der Waals surface area contributed by atoms with E-state index in [-0.39, 0.29) is 0 Å². The fourth-order valence-corrected chi connectivity index (χ4v) is 1.95. The fourth-order valence-electron chi connectivity index (χ4n) is 1.95. The van der Waals surface area contributed by atoms with Crippen LogP contribution in [0.4, 0.5) is 0 Å². The summed E-state index contributed by atoms with van der Waals surface area (Å²) in [5.74, 6) is 0.923. The molecule has 0 radical (unpaired) electrons. The van der Waals surface area contributed by atoms with E-state index in [0.717, 1.165) is 18.7 Å². The number of methoxy groups -OCH3 is 1. The molecule has 86 valence electrons. The molecule has 0 spiro atoms. The molecule has 0 atom stereocenters. The van der Waals surface area contributed by atoms with Crippen molar-refractivity contribution in [1.82, 2.24) is 5.32 Å². The monoisotopic (exact) mass is 217 g/mol. The van der Waals surface area contributed by atoms with Crippen LogP contribution in [-0.4, -0.2) is 13.7 Å². The first-order chi connectivity index (χ1) is 7.88. The summed E-state index contributed by atoms with van der Waals surface area (Å²) in [5, 5.41) is 3.45. The number of hydrogen-bond acceptors (Lipinski definition) is 2. The molecule has 1 N–H and O–H groups in total. The Kier molecular flexibility index (Phi) is 3.86. The standard InChI is InChI=1S/C14H19NO/c1-16-14-9-6-12(7-10-14)5-8-13-4-2-3-11-15-13/h6-10,15H,2-5,11H2,1H3. The Bertz CT molecular complexity index is 346. The summed E-state index contributed by atoms with van der Waals surface area (Å²) < 4.78 is 5.14. The molecule has 2 nitrogen and oxygen atoms in total. The van der Waals surface area contributed by atoms with E-state index in [4.69, 9.17) is 4.74 Å². The van der Waals surface area contributed by atoms with Crippen molar-refractivity contribution in [3.05, 3.63) is 41.6 Å². The molecule has 1 aliphatic heterocycles. The second-order valence-electron chi connectivity index (χ2n) is 4.17. The lowest BCUT2D eigenvalue weighted by Gasteiger charge is -2.16. The van der Waals surface area contributed by atoms with Crippen molar-refractivity contribution in [3.63, 3.8) is 0 Å². The molecule has 1 aromatic carbocycles. The highest BCUT2D eigenvalue weighted by atomic mass is 16.5. The summed E-state index contributed by atoms with van der Waals surface area (Å²) in [6.07, 6.45) is 7.14. The van der Waals surface area contributed by atoms with Crippen molar-refractivity contribution < 1.29 is 4.74 Å². The van der Waals surface area contributed by atoms with Crippen molar-refractivity contribution in [2.75, 3.05) is 13.7 Å². The van der Waals surface area contributed by atoms with Gasteiger partial charge in [0.2, 0.25) is 0 Å². The molecule has 0 aliphatic carbocycles. The van der Waals surface area contributed by atoms with E-state index in [1.807, 2.05) is 12.1 Å². The Labute approximate surface area is 97.3 Å². The number of piperidine rings is 1. The van der Waals surface area contributed by atoms with Gasteiger partial charge in [-0.2, -0.15) is 0 Å². The normalized spacial score (nSPS) is 18.2. The minimum Gasteiger partial charge on any atom is -0.497 e. The third-order valence-electron chi connectivity index (χ3n) is 2.97. The molecule has 0 amide bonds. The Morgan fingerprint density at radius 1 is 1.25 bits per heavy atom. The van der Waals surface area contributed by atoms with Gasteiger partial charge in [-0.1, -0.05) is 18.2 Å². The molecule has 0 unspecified atom stereocenters. The van der Waals surface area contributed by atoms with Crippen molar-refractivity contribution in [1.29, 1.82) is 0 Å². The molecule has 1 aliphatic rings. The van der Waals surface area contributed by atoms with Gasteiger partial charge >= 0.3 is 0 Å². The van der Waals surface area contributed by atoms with E-state index in [0.29, 0.717) is 0 Å². The number of hydrogen-bond donors (Lipinski definition) is 1. The highest BCUT2D eigenvalue weighted by Gasteiger charge is 2.03. The minimum absolute atomic E-state index is 0.923. The van der Waals surface area contributed by atoms with Gasteiger partial charge in [-0.15, -0.1) is 0 Å². The molecule has 1 aromatic rings. The fraction of sp³-hybridized carbons (Fsp3) is 0.429. The first kappa shape index (κ1) is 11.1. The van der Waals surface area contributed by atoms with Crippen molar-refractivity contribution in [2.45, 2.75) is 25.7 Å². The van der Waals surface area contributed by atoms with Gasteiger partial charge in [0.15, 0.2) is 0 Å². The zero-order chi connectivity index (χ0) is 11.2. The van der Waals surface area contributed by atoms with E-state index in [1.54, 1.807) is 7.11 Å². The predicted octanol–water partition coefficient (Wildman–Crippen LogP) is 2.90. The summed E-state index contributed by atoms with van der Waals surface area (Å²) >= 11 is 0. The second-order valence-corrected chi connectivity index (χ2v) is 4.17. The molecule has 2 heteroatoms. The molecule has 2 rings (SSSR count). The summed E-state index contributed by atoms with van der Waals surface area (Å²) in [7, 11) is 1.70. The topological polar surface area (TPSA) is 21.3 Å². The number of rotatable bonds is 3. The quantitative estimate of drug-likeness (QED) is 0.840. The summed E-state index contributed by atoms with van der Waals surface area (Å²) in [6, 6.07) is 8.28. The summed E-state index contributed by atoms with van der Waals surface area (Å²) in [5.41, 5.74) is 2.74. The molecule has 0 bridgehead atoms. The van der Waals surface area contributed by atoms with Gasteiger partial charge < -0.3 is 10.1 Å². The molecular weight excluding hydrogens is 198 g/mol. The van der Waals surface area contributed by atoms with Crippen LogP contribution in [0.15, 0.2) is 36.0 Å². The largest absolute Gasteiger partial charge is 0.497 e. The lowest BCUT2D eigenvalue weighted by molar-refractivity contribution is 0.414. The zero-order valence-corrected chi connectivity index (χ0v) is 9.83. The van der Waals surface area contributed by atoms with E-state index >= 15 is 0 Å². The number of allylic oxidation sites excluding steroid dienone is 2. The van der Waals surface area contributed by atoms with Crippen molar-refractivity contribution >= 4 is 0 Å². The van der Waals surface area contributed by atoms with Gasteiger partial charge in [0.1, 0.15) is 5.75 Å². The van der Waals surface area contributed by atoms with Crippen LogP contribution >= 0.6 is 0 Å². The molecule has 0 saturated carbocycles. The lowest BCUT2D eigenvalue weighted by atomic mass is 10.1. The van der Waals surface area contributed by atoms with Gasteiger partial charge in [-0.25, -0.2) is 0 Å². The van der Waals surface area contributed by atoms with E-state index < -0.39 is 0 Å². The Hall–Kier alpha value is -1.44. The number of ether oxygens (including phenoxy) is 1. The molecule has 0 aromatic heterocycles. The first-order valence-corrected chi connectivity index (χ1v) is 5.94. The Morgan fingerprint density at radius 2 is 2.06 bits per heavy atom. The zero-order valence-electron chi connectivity index (χ0n) is 9.83. The van der Waals surface area contributed by atoms with Crippen molar-refractivity contribution in [2.24, 2.45) is 0 Å². The average molecular weight is 217 g/mol. The summed E-state index contributed by atoms with van der Waals surface area (Å²) in [4.78, 5) is 0. The first-order valence-electron chi connectivity index (χ1n) is 5.94. The predicted molar refractivity (Wildman–Crippen MR) is 66.6 cm³/mol. The maximum absolute atomic E-state index is 5.14. The highest BCUT2D eigenvalue weighted by molar-refractivity contribution is 5.28. The van der Waals surface area contributed by atoms with Crippen LogP contribution in [0.1, 0.15) is 24.8 Å². The van der Waals surface area contributed by atoms with Crippen LogP contribution in [0.25, 0.3) is 0 Å². The molecule has 16 heavy (non-hydrogen) atoms. The van der Waals surface area contributed by atoms with Crippen LogP contribution < -0.4 is 10.1 Å². The minimum atomic E-state index is 0.923. The summed E-state index contributed by atoms with van der Waals surface area (Å²) in [6.45, 7) is 1.13. The third kappa shape index (κ3) is 3.02. The van der Waals surface area contributed by atoms with E-state index in [2.05, 4.69) is 23.5 Å². The molecule has 1 heterocycles. The average Bonchev–Trinajstić information content (AvgIpc) is 2.38. The van der Waals surface area contributed by atoms with E-state index in [9.17, 15) is 0 Å². The molecular formula is C14H19NO. The maximum atomic E-state index is 5.14. The van der Waals surface area contributed by atoms with Crippen LogP contribution in [0, 0.1) is 0 Å². The second kappa shape index (κ2) is 5.59. The number of benzene rings is 1. The van der Waals surface area contributed by atoms with Gasteiger partial charge in [0, 0.05) is 12.2 Å². The van der Waals surface area contributed by atoms with Crippen molar-refractivity contribution in [3.8, 4) is 5.75 Å². The highest BCUT2D eigenvalue weighted by Crippen LogP contribution is 2.14. The Morgan fingerprint density at radius 3 is 2.69 bits per heavy atom. The SMILES string of the molecule is COc1ccc(CC=C2CCCCN2)cc1. The van der Waals surface area contributed by atoms with Gasteiger partial charge in [-0.3, -0.25) is 0 Å². The van der Waals surface area contributed by atoms with Crippen LogP contribution in [-0.2, 0) is 6.42 Å². The van der Waals surface area contributed by atoms with Gasteiger partial charge in [0.05, 0.1) is 7.11 Å². The smallest absolute Gasteiger partial charge is 0.118 e. The van der Waals surface area contributed by atoms with Crippen LogP contribution in [0.3, 0.4) is 0 Å². The van der Waals surface area contributed by atoms with Crippen LogP contribution in [0.5, 0.6) is 5.75 Å². The molecule has 1 saturated heterocycles. The lowest BCUT2D eigenvalue weighted by Crippen LogP contribution is -2.19. The Balaban J connectivity index is 1.92. The molecule has 1 fully saturated rings. The van der Waals surface area contributed by atoms with Gasteiger partial charge in [-0.05, 0) is 43.4 Å². The maximum Gasteiger partial charge on any atom is 0.118 e. The van der Waals surface area contributed by atoms with Crippen LogP contribution in [0.2, 0.25) is 0 Å². The third-order valence-corrected chi connectivity index (χ3v) is 2.97. The number of nitrogens with one attached hydrogen (secondary N) is 1. The van der Waals surface area contributed by atoms with Gasteiger partial charge in [0.25, 0.3) is 0 Å². The van der Waals surface area contributed by atoms with E-state index in [1.165, 1.54) is 30.5 Å².